The van der Waals surface area contributed by atoms with E-state index in [0.29, 0.717) is 37.4 Å². The highest BCUT2D eigenvalue weighted by molar-refractivity contribution is 6.18. The van der Waals surface area contributed by atoms with Crippen molar-refractivity contribution in [3.63, 3.8) is 0 Å². The lowest BCUT2D eigenvalue weighted by Crippen LogP contribution is -2.30. The zero-order valence-corrected chi connectivity index (χ0v) is 10.3. The van der Waals surface area contributed by atoms with Crippen molar-refractivity contribution in [2.75, 3.05) is 44.7 Å². The smallest absolute Gasteiger partial charge is 0.228 e. The fraction of sp³-hybridized carbons (Fsp3) is 0.600. The number of rotatable bonds is 7. The van der Waals surface area contributed by atoms with Crippen LogP contribution < -0.4 is 9.64 Å². The second-order valence-corrected chi connectivity index (χ2v) is 3.45. The van der Waals surface area contributed by atoms with Crippen molar-refractivity contribution in [2.24, 2.45) is 0 Å². The molecule has 0 aliphatic heterocycles. The third-order valence-corrected chi connectivity index (χ3v) is 2.20. The Hall–Kier alpha value is -1.07. The van der Waals surface area contributed by atoms with Gasteiger partial charge in [0.2, 0.25) is 11.8 Å². The molecule has 0 aromatic carbocycles. The second kappa shape index (κ2) is 7.24. The van der Waals surface area contributed by atoms with E-state index >= 15 is 0 Å². The van der Waals surface area contributed by atoms with E-state index in [1.54, 1.807) is 26.5 Å². The van der Waals surface area contributed by atoms with Gasteiger partial charge in [0.25, 0.3) is 0 Å². The Morgan fingerprint density at radius 2 is 2.19 bits per heavy atom. The van der Waals surface area contributed by atoms with E-state index < -0.39 is 0 Å². The third-order valence-electron chi connectivity index (χ3n) is 2.03. The van der Waals surface area contributed by atoms with Gasteiger partial charge >= 0.3 is 0 Å². The molecule has 0 atom stereocenters. The number of halogens is 1. The maximum absolute atomic E-state index is 5.73. The first-order valence-electron chi connectivity index (χ1n) is 4.98. The van der Waals surface area contributed by atoms with Gasteiger partial charge in [-0.25, -0.2) is 4.98 Å². The summed E-state index contributed by atoms with van der Waals surface area (Å²) in [5.74, 6) is 1.67. The van der Waals surface area contributed by atoms with Gasteiger partial charge in [-0.15, -0.1) is 11.6 Å². The lowest BCUT2D eigenvalue weighted by molar-refractivity contribution is 0.205. The van der Waals surface area contributed by atoms with E-state index in [-0.39, 0.29) is 0 Å². The summed E-state index contributed by atoms with van der Waals surface area (Å²) in [5, 5.41) is 0. The van der Waals surface area contributed by atoms with Crippen LogP contribution in [0.1, 0.15) is 0 Å². The summed E-state index contributed by atoms with van der Waals surface area (Å²) in [6.07, 6.45) is 1.66. The number of methoxy groups -OCH3 is 2. The van der Waals surface area contributed by atoms with Crippen LogP contribution in [0.15, 0.2) is 12.3 Å². The summed E-state index contributed by atoms with van der Waals surface area (Å²) in [6.45, 7) is 1.99. The topological polar surface area (TPSA) is 47.5 Å². The van der Waals surface area contributed by atoms with E-state index in [2.05, 4.69) is 9.97 Å². The second-order valence-electron chi connectivity index (χ2n) is 3.07. The van der Waals surface area contributed by atoms with Gasteiger partial charge in [0, 0.05) is 38.3 Å². The molecule has 0 radical (unpaired) electrons. The van der Waals surface area contributed by atoms with E-state index in [0.717, 1.165) is 0 Å². The predicted molar refractivity (Wildman–Crippen MR) is 63.4 cm³/mol. The van der Waals surface area contributed by atoms with Gasteiger partial charge in [-0.1, -0.05) is 0 Å². The lowest BCUT2D eigenvalue weighted by atomic mass is 10.5. The molecule has 0 amide bonds. The fourth-order valence-corrected chi connectivity index (χ4v) is 1.42. The van der Waals surface area contributed by atoms with Crippen LogP contribution in [0, 0.1) is 0 Å². The summed E-state index contributed by atoms with van der Waals surface area (Å²) in [5.41, 5.74) is 0. The van der Waals surface area contributed by atoms with Gasteiger partial charge in [0.05, 0.1) is 13.7 Å². The monoisotopic (exact) mass is 245 g/mol. The van der Waals surface area contributed by atoms with Crippen LogP contribution in [-0.4, -0.2) is 49.8 Å². The Balaban J connectivity index is 2.73. The van der Waals surface area contributed by atoms with Gasteiger partial charge in [-0.2, -0.15) is 4.98 Å². The van der Waals surface area contributed by atoms with Crippen LogP contribution in [0.5, 0.6) is 5.88 Å². The first-order valence-corrected chi connectivity index (χ1v) is 5.52. The molecule has 6 heteroatoms. The molecule has 0 aliphatic rings. The Labute approximate surface area is 100 Å². The number of anilines is 1. The quantitative estimate of drug-likeness (QED) is 0.675. The van der Waals surface area contributed by atoms with Gasteiger partial charge in [-0.3, -0.25) is 0 Å². The van der Waals surface area contributed by atoms with Gasteiger partial charge in [-0.05, 0) is 0 Å². The van der Waals surface area contributed by atoms with Gasteiger partial charge in [0.1, 0.15) is 0 Å². The third kappa shape index (κ3) is 3.83. The van der Waals surface area contributed by atoms with Gasteiger partial charge < -0.3 is 14.4 Å². The molecule has 0 bridgehead atoms. The first-order chi connectivity index (χ1) is 7.81. The van der Waals surface area contributed by atoms with E-state index in [1.165, 1.54) is 0 Å². The van der Waals surface area contributed by atoms with Crippen molar-refractivity contribution < 1.29 is 9.47 Å². The number of alkyl halides is 1. The minimum absolute atomic E-state index is 0.518. The van der Waals surface area contributed by atoms with Crippen molar-refractivity contribution in [3.8, 4) is 5.88 Å². The molecule has 1 aromatic heterocycles. The van der Waals surface area contributed by atoms with Crippen molar-refractivity contribution in [1.82, 2.24) is 9.97 Å². The number of aromatic nitrogens is 2. The molecule has 16 heavy (non-hydrogen) atoms. The SMILES string of the molecule is COCCN(CCCl)c1nccc(OC)n1. The van der Waals surface area contributed by atoms with E-state index in [9.17, 15) is 0 Å². The summed E-state index contributed by atoms with van der Waals surface area (Å²) >= 11 is 5.73. The maximum Gasteiger partial charge on any atom is 0.228 e. The van der Waals surface area contributed by atoms with Crippen LogP contribution in [-0.2, 0) is 4.74 Å². The Bertz CT molecular complexity index is 312. The summed E-state index contributed by atoms with van der Waals surface area (Å²) in [6, 6.07) is 1.71. The van der Waals surface area contributed by atoms with Crippen LogP contribution in [0.2, 0.25) is 0 Å². The Kier molecular flexibility index (Phi) is 5.88. The van der Waals surface area contributed by atoms with Crippen LogP contribution in [0.3, 0.4) is 0 Å². The molecule has 90 valence electrons. The largest absolute Gasteiger partial charge is 0.481 e. The van der Waals surface area contributed by atoms with Crippen molar-refractivity contribution in [2.45, 2.75) is 0 Å². The first kappa shape index (κ1) is 13.0. The lowest BCUT2D eigenvalue weighted by Gasteiger charge is -2.21. The Morgan fingerprint density at radius 1 is 1.38 bits per heavy atom. The molecule has 1 rings (SSSR count). The molecule has 0 unspecified atom stereocenters. The van der Waals surface area contributed by atoms with Crippen LogP contribution in [0.4, 0.5) is 5.95 Å². The zero-order chi connectivity index (χ0) is 11.8. The molecule has 0 fully saturated rings. The van der Waals surface area contributed by atoms with E-state index in [4.69, 9.17) is 21.1 Å². The van der Waals surface area contributed by atoms with Crippen molar-refractivity contribution >= 4 is 17.5 Å². The highest BCUT2D eigenvalue weighted by Crippen LogP contribution is 2.11. The molecular weight excluding hydrogens is 230 g/mol. The van der Waals surface area contributed by atoms with E-state index in [1.807, 2.05) is 4.90 Å². The predicted octanol–water partition coefficient (Wildman–Crippen LogP) is 1.18. The zero-order valence-electron chi connectivity index (χ0n) is 9.52. The van der Waals surface area contributed by atoms with Crippen LogP contribution >= 0.6 is 11.6 Å². The minimum atomic E-state index is 0.518. The molecule has 0 N–H and O–H groups in total. The van der Waals surface area contributed by atoms with Crippen molar-refractivity contribution in [3.05, 3.63) is 12.3 Å². The van der Waals surface area contributed by atoms with Gasteiger partial charge in [0.15, 0.2) is 0 Å². The molecule has 1 aromatic rings. The fourth-order valence-electron chi connectivity index (χ4n) is 1.21. The summed E-state index contributed by atoms with van der Waals surface area (Å²) in [4.78, 5) is 10.4. The molecule has 0 saturated carbocycles. The minimum Gasteiger partial charge on any atom is -0.481 e. The van der Waals surface area contributed by atoms with Crippen LogP contribution in [0.25, 0.3) is 0 Å². The molecule has 0 spiro atoms. The molecule has 0 aliphatic carbocycles. The number of hydrogen-bond donors (Lipinski definition) is 0. The number of nitrogens with zero attached hydrogens (tertiary/aromatic N) is 3. The molecule has 0 saturated heterocycles. The average Bonchev–Trinajstić information content (AvgIpc) is 2.34. The average molecular weight is 246 g/mol. The normalized spacial score (nSPS) is 10.2. The highest BCUT2D eigenvalue weighted by Gasteiger charge is 2.09. The standard InChI is InChI=1S/C10H16ClN3O2/c1-15-8-7-14(6-4-11)10-12-5-3-9(13-10)16-2/h3,5H,4,6-8H2,1-2H3. The Morgan fingerprint density at radius 3 is 2.81 bits per heavy atom. The molecule has 5 nitrogen and oxygen atoms in total. The summed E-state index contributed by atoms with van der Waals surface area (Å²) < 4.78 is 10.1. The molecular formula is C10H16ClN3O2. The number of hydrogen-bond acceptors (Lipinski definition) is 5. The maximum atomic E-state index is 5.73. The number of ether oxygens (including phenoxy) is 2. The van der Waals surface area contributed by atoms with Crippen molar-refractivity contribution in [1.29, 1.82) is 0 Å². The highest BCUT2D eigenvalue weighted by atomic mass is 35.5. The summed E-state index contributed by atoms with van der Waals surface area (Å²) in [7, 11) is 3.23. The molecule has 1 heterocycles.